The number of hydrogen-bond acceptors (Lipinski definition) is 6. The number of imidazole rings is 1. The molecule has 2 atom stereocenters. The molecule has 9 nitrogen and oxygen atoms in total. The van der Waals surface area contributed by atoms with Crippen LogP contribution in [0.4, 0.5) is 17.6 Å². The summed E-state index contributed by atoms with van der Waals surface area (Å²) in [5, 5.41) is 4.39. The molecule has 0 spiro atoms. The lowest BCUT2D eigenvalue weighted by Gasteiger charge is -2.46. The van der Waals surface area contributed by atoms with E-state index in [1.54, 1.807) is 36.3 Å². The van der Waals surface area contributed by atoms with Crippen LogP contribution in [0.2, 0.25) is 0 Å². The third kappa shape index (κ3) is 4.99. The zero-order chi connectivity index (χ0) is 31.7. The third-order valence-corrected chi connectivity index (χ3v) is 11.0. The number of pyridine rings is 1. The van der Waals surface area contributed by atoms with Gasteiger partial charge in [-0.2, -0.15) is 22.6 Å². The fourth-order valence-corrected chi connectivity index (χ4v) is 8.76. The zero-order valence-corrected chi connectivity index (χ0v) is 24.9. The number of ketones is 1. The number of carbonyl (C=O) groups excluding carboxylic acids is 1. The number of hydrogen-bond donors (Lipinski definition) is 0. The van der Waals surface area contributed by atoms with Gasteiger partial charge in [-0.1, -0.05) is 5.57 Å². The highest BCUT2D eigenvalue weighted by molar-refractivity contribution is 7.89. The van der Waals surface area contributed by atoms with E-state index in [1.807, 2.05) is 6.08 Å². The van der Waals surface area contributed by atoms with Crippen LogP contribution in [0.1, 0.15) is 59.4 Å². The number of halogens is 4. The van der Waals surface area contributed by atoms with Gasteiger partial charge in [0.1, 0.15) is 11.5 Å². The summed E-state index contributed by atoms with van der Waals surface area (Å²) in [6, 6.07) is 6.48. The Labute approximate surface area is 256 Å². The van der Waals surface area contributed by atoms with E-state index >= 15 is 0 Å². The van der Waals surface area contributed by atoms with Crippen LogP contribution in [0.3, 0.4) is 0 Å². The van der Waals surface area contributed by atoms with Crippen LogP contribution >= 0.6 is 0 Å². The maximum absolute atomic E-state index is 14.5. The van der Waals surface area contributed by atoms with Crippen LogP contribution in [-0.4, -0.2) is 54.9 Å². The minimum atomic E-state index is -4.68. The van der Waals surface area contributed by atoms with Gasteiger partial charge in [-0.15, -0.1) is 0 Å². The van der Waals surface area contributed by atoms with Crippen molar-refractivity contribution in [3.05, 3.63) is 95.1 Å². The van der Waals surface area contributed by atoms with E-state index in [4.69, 9.17) is 0 Å². The van der Waals surface area contributed by atoms with Crippen molar-refractivity contribution >= 4 is 21.9 Å². The second-order valence-corrected chi connectivity index (χ2v) is 13.6. The molecule has 0 N–H and O–H groups in total. The van der Waals surface area contributed by atoms with Gasteiger partial charge in [0.25, 0.3) is 10.0 Å². The first-order chi connectivity index (χ1) is 21.4. The van der Waals surface area contributed by atoms with Gasteiger partial charge in [-0.25, -0.2) is 22.5 Å². The zero-order valence-electron chi connectivity index (χ0n) is 24.1. The summed E-state index contributed by atoms with van der Waals surface area (Å²) in [5.74, 6) is -1.01. The molecule has 14 heteroatoms. The highest BCUT2D eigenvalue weighted by Gasteiger charge is 2.54. The first-order valence-electron chi connectivity index (χ1n) is 14.5. The highest BCUT2D eigenvalue weighted by atomic mass is 32.2. The normalized spacial score (nSPS) is 21.7. The Morgan fingerprint density at radius 3 is 2.47 bits per heavy atom. The topological polar surface area (TPSA) is 103 Å². The Balaban J connectivity index is 1.34. The van der Waals surface area contributed by atoms with Crippen LogP contribution < -0.4 is 0 Å². The largest absolute Gasteiger partial charge is 0.416 e. The minimum absolute atomic E-state index is 0.0525. The van der Waals surface area contributed by atoms with Crippen molar-refractivity contribution in [1.29, 1.82) is 0 Å². The maximum atomic E-state index is 14.5. The monoisotopic (exact) mass is 640 g/mol. The molecule has 3 aliphatic rings. The molecule has 4 aromatic rings. The van der Waals surface area contributed by atoms with Crippen molar-refractivity contribution in [3.63, 3.8) is 0 Å². The molecule has 3 heterocycles. The van der Waals surface area contributed by atoms with Crippen molar-refractivity contribution in [2.45, 2.75) is 61.9 Å². The van der Waals surface area contributed by atoms with Crippen LogP contribution in [0, 0.1) is 11.2 Å². The average Bonchev–Trinajstić information content (AvgIpc) is 3.59. The van der Waals surface area contributed by atoms with Gasteiger partial charge in [0.2, 0.25) is 5.16 Å². The Bertz CT molecular complexity index is 1950. The fraction of sp³-hybridized carbons (Fsp3) is 0.355. The summed E-state index contributed by atoms with van der Waals surface area (Å²) in [5.41, 5.74) is -0.0895. The highest BCUT2D eigenvalue weighted by Crippen LogP contribution is 2.52. The van der Waals surface area contributed by atoms with Crippen molar-refractivity contribution in [2.24, 2.45) is 12.5 Å². The van der Waals surface area contributed by atoms with Crippen LogP contribution in [0.5, 0.6) is 0 Å². The summed E-state index contributed by atoms with van der Waals surface area (Å²) in [4.78, 5) is 22.7. The van der Waals surface area contributed by atoms with Gasteiger partial charge in [0.05, 0.1) is 28.6 Å². The molecule has 0 saturated heterocycles. The molecule has 3 aromatic heterocycles. The van der Waals surface area contributed by atoms with Crippen molar-refractivity contribution < 1.29 is 30.8 Å². The summed E-state index contributed by atoms with van der Waals surface area (Å²) < 4.78 is 87.2. The third-order valence-electron chi connectivity index (χ3n) is 9.01. The molecule has 45 heavy (non-hydrogen) atoms. The predicted molar refractivity (Wildman–Crippen MR) is 154 cm³/mol. The number of aryl methyl sites for hydroxylation is 1. The first-order valence-corrected chi connectivity index (χ1v) is 16.0. The number of nitrogens with zero attached hydrogens (tertiary/aromatic N) is 6. The molecule has 0 radical (unpaired) electrons. The summed E-state index contributed by atoms with van der Waals surface area (Å²) in [6.07, 6.45) is 4.84. The lowest BCUT2D eigenvalue weighted by Crippen LogP contribution is -2.51. The SMILES string of the molecule is Cn1ccnc1S(=O)(=O)N(C1CC1)[C@H]1CCC2=Cc3c(cnn3-c3ccc(F)cc3)C[C@]2(C(=O)c2cc(C(F)(F)F)ccn2)C1. The van der Waals surface area contributed by atoms with Gasteiger partial charge in [-0.05, 0) is 86.6 Å². The maximum Gasteiger partial charge on any atom is 0.416 e. The summed E-state index contributed by atoms with van der Waals surface area (Å²) >= 11 is 0. The van der Waals surface area contributed by atoms with E-state index in [1.165, 1.54) is 27.2 Å². The molecule has 234 valence electrons. The second-order valence-electron chi connectivity index (χ2n) is 11.9. The molecule has 0 aliphatic heterocycles. The number of Topliss-reactive ketones (excluding diaryl/α,β-unsaturated/α-hetero) is 1. The second kappa shape index (κ2) is 10.4. The van der Waals surface area contributed by atoms with Crippen LogP contribution in [0.25, 0.3) is 11.8 Å². The van der Waals surface area contributed by atoms with E-state index in [0.717, 1.165) is 18.3 Å². The van der Waals surface area contributed by atoms with E-state index in [2.05, 4.69) is 15.1 Å². The molecule has 0 unspecified atom stereocenters. The fourth-order valence-electron chi connectivity index (χ4n) is 6.78. The first kappa shape index (κ1) is 29.5. The van der Waals surface area contributed by atoms with E-state index < -0.39 is 44.8 Å². The number of rotatable bonds is 7. The van der Waals surface area contributed by atoms with Gasteiger partial charge >= 0.3 is 6.18 Å². The Morgan fingerprint density at radius 2 is 1.80 bits per heavy atom. The van der Waals surface area contributed by atoms with Gasteiger partial charge in [0, 0.05) is 37.7 Å². The standard InChI is InChI=1S/C31H28F4N6O3S/c1-39-13-12-37-29(39)45(43,44)41(24-8-9-24)25-5-2-20-15-27-19(18-38-40(27)23-6-3-22(32)4-7-23)16-30(20,17-25)28(42)26-14-21(10-11-36-26)31(33,34)35/h3-4,6-7,10-15,18,24-25H,2,5,8-9,16-17H2,1H3/t25-,30-/m0/s1. The number of alkyl halides is 3. The van der Waals surface area contributed by atoms with Crippen molar-refractivity contribution in [2.75, 3.05) is 0 Å². The Morgan fingerprint density at radius 1 is 1.04 bits per heavy atom. The molecule has 0 bridgehead atoms. The molecule has 3 aliphatic carbocycles. The predicted octanol–water partition coefficient (Wildman–Crippen LogP) is 5.37. The van der Waals surface area contributed by atoms with E-state index in [-0.39, 0.29) is 29.7 Å². The van der Waals surface area contributed by atoms with Crippen LogP contribution in [-0.2, 0) is 29.7 Å². The van der Waals surface area contributed by atoms with Crippen molar-refractivity contribution in [1.82, 2.24) is 28.6 Å². The number of benzene rings is 1. The van der Waals surface area contributed by atoms with E-state index in [0.29, 0.717) is 48.2 Å². The molecule has 0 amide bonds. The molecular formula is C31H28F4N6O3S. The van der Waals surface area contributed by atoms with Gasteiger partial charge in [-0.3, -0.25) is 9.78 Å². The number of carbonyl (C=O) groups is 1. The molecule has 1 aromatic carbocycles. The lowest BCUT2D eigenvalue weighted by molar-refractivity contribution is -0.137. The molecule has 2 fully saturated rings. The van der Waals surface area contributed by atoms with Crippen molar-refractivity contribution in [3.8, 4) is 5.69 Å². The average molecular weight is 641 g/mol. The number of fused-ring (bicyclic) bond motifs is 2. The van der Waals surface area contributed by atoms with Gasteiger partial charge < -0.3 is 4.57 Å². The van der Waals surface area contributed by atoms with Crippen LogP contribution in [0.15, 0.2) is 71.9 Å². The molecule has 2 saturated carbocycles. The Hall–Kier alpha value is -4.17. The minimum Gasteiger partial charge on any atom is -0.324 e. The number of allylic oxidation sites excluding steroid dienone is 1. The smallest absolute Gasteiger partial charge is 0.324 e. The summed E-state index contributed by atoms with van der Waals surface area (Å²) in [6.45, 7) is 0. The van der Waals surface area contributed by atoms with Gasteiger partial charge in [0.15, 0.2) is 5.78 Å². The molecule has 7 rings (SSSR count). The lowest BCUT2D eigenvalue weighted by atomic mass is 9.60. The molecular weight excluding hydrogens is 612 g/mol. The Kier molecular flexibility index (Phi) is 6.85. The quantitative estimate of drug-likeness (QED) is 0.199. The summed E-state index contributed by atoms with van der Waals surface area (Å²) in [7, 11) is -2.46. The number of aromatic nitrogens is 5. The number of sulfonamides is 1. The van der Waals surface area contributed by atoms with E-state index in [9.17, 15) is 30.8 Å².